The molecule has 0 radical (unpaired) electrons. The van der Waals surface area contributed by atoms with Crippen molar-refractivity contribution in [1.82, 2.24) is 0 Å². The van der Waals surface area contributed by atoms with Crippen LogP contribution in [0.2, 0.25) is 0 Å². The molecule has 0 saturated carbocycles. The van der Waals surface area contributed by atoms with Crippen LogP contribution in [0.4, 0.5) is 5.69 Å². The molecule has 1 aliphatic rings. The zero-order valence-electron chi connectivity index (χ0n) is 17.3. The molecule has 0 saturated heterocycles. The van der Waals surface area contributed by atoms with E-state index in [1.54, 1.807) is 19.1 Å². The Morgan fingerprint density at radius 1 is 1.17 bits per heavy atom. The summed E-state index contributed by atoms with van der Waals surface area (Å²) in [5.74, 6) is 0.202. The zero-order valence-corrected chi connectivity index (χ0v) is 17.3. The molecule has 2 aromatic rings. The Kier molecular flexibility index (Phi) is 6.11. The highest BCUT2D eigenvalue weighted by atomic mass is 16.5. The summed E-state index contributed by atoms with van der Waals surface area (Å²) in [4.78, 5) is 23.8. The lowest BCUT2D eigenvalue weighted by Crippen LogP contribution is -2.25. The quantitative estimate of drug-likeness (QED) is 0.569. The van der Waals surface area contributed by atoms with E-state index in [-0.39, 0.29) is 18.3 Å². The molecule has 1 aliphatic carbocycles. The van der Waals surface area contributed by atoms with E-state index >= 15 is 0 Å². The van der Waals surface area contributed by atoms with Gasteiger partial charge in [-0.2, -0.15) is 0 Å². The average Bonchev–Trinajstić information content (AvgIpc) is 3.16. The van der Waals surface area contributed by atoms with Crippen LogP contribution in [0.1, 0.15) is 55.4 Å². The number of hydrogen-bond donors (Lipinski definition) is 2. The number of aryl methyl sites for hydroxylation is 1. The van der Waals surface area contributed by atoms with Gasteiger partial charge < -0.3 is 19.9 Å². The maximum Gasteiger partial charge on any atom is 0.397 e. The lowest BCUT2D eigenvalue weighted by atomic mass is 10.0. The van der Waals surface area contributed by atoms with Gasteiger partial charge in [0.15, 0.2) is 0 Å². The Morgan fingerprint density at radius 2 is 1.90 bits per heavy atom. The first-order chi connectivity index (χ1) is 13.8. The minimum atomic E-state index is -0.887. The number of phenolic OH excluding ortho intramolecular Hbond substituents is 1. The minimum absolute atomic E-state index is 0.154. The molecule has 0 spiro atoms. The molecule has 6 heteroatoms. The Bertz CT molecular complexity index is 949. The van der Waals surface area contributed by atoms with E-state index in [4.69, 9.17) is 9.47 Å². The van der Waals surface area contributed by atoms with Crippen LogP contribution in [0.25, 0.3) is 0 Å². The highest BCUT2D eigenvalue weighted by molar-refractivity contribution is 6.37. The van der Waals surface area contributed by atoms with E-state index in [2.05, 4.69) is 5.32 Å². The van der Waals surface area contributed by atoms with Gasteiger partial charge in [-0.3, -0.25) is 4.79 Å². The van der Waals surface area contributed by atoms with E-state index < -0.39 is 11.9 Å². The fraction of sp³-hybridized carbons (Fsp3) is 0.391. The van der Waals surface area contributed by atoms with Crippen LogP contribution >= 0.6 is 0 Å². The van der Waals surface area contributed by atoms with Gasteiger partial charge in [0.25, 0.3) is 0 Å². The van der Waals surface area contributed by atoms with E-state index in [9.17, 15) is 14.7 Å². The van der Waals surface area contributed by atoms with Crippen LogP contribution in [0.15, 0.2) is 24.3 Å². The van der Waals surface area contributed by atoms with Crippen molar-refractivity contribution in [3.8, 4) is 17.2 Å². The third-order valence-corrected chi connectivity index (χ3v) is 5.09. The molecule has 0 bridgehead atoms. The van der Waals surface area contributed by atoms with E-state index in [1.807, 2.05) is 32.9 Å². The van der Waals surface area contributed by atoms with Crippen LogP contribution in [0.5, 0.6) is 17.2 Å². The second-order valence-electron chi connectivity index (χ2n) is 7.53. The SMILES string of the molecule is CCOC(=O)C(=O)Nc1cc(C)c(Oc2ccc(O)c(C(C)C)c2)c2c1CCC2. The molecule has 0 atom stereocenters. The monoisotopic (exact) mass is 397 g/mol. The predicted molar refractivity (Wildman–Crippen MR) is 111 cm³/mol. The van der Waals surface area contributed by atoms with Gasteiger partial charge >= 0.3 is 11.9 Å². The van der Waals surface area contributed by atoms with Gasteiger partial charge in [0.2, 0.25) is 0 Å². The first-order valence-corrected chi connectivity index (χ1v) is 9.96. The maximum atomic E-state index is 12.1. The fourth-order valence-corrected chi connectivity index (χ4v) is 3.70. The second-order valence-corrected chi connectivity index (χ2v) is 7.53. The molecular formula is C23H27NO5. The predicted octanol–water partition coefficient (Wildman–Crippen LogP) is 4.61. The topological polar surface area (TPSA) is 84.9 Å². The number of phenols is 1. The number of amides is 1. The molecular weight excluding hydrogens is 370 g/mol. The molecule has 0 heterocycles. The first-order valence-electron chi connectivity index (χ1n) is 9.96. The summed E-state index contributed by atoms with van der Waals surface area (Å²) in [6.45, 7) is 7.76. The molecule has 2 aromatic carbocycles. The summed E-state index contributed by atoms with van der Waals surface area (Å²) in [5.41, 5.74) is 4.36. The van der Waals surface area contributed by atoms with Gasteiger partial charge in [0.1, 0.15) is 17.2 Å². The van der Waals surface area contributed by atoms with Crippen LogP contribution < -0.4 is 10.1 Å². The third-order valence-electron chi connectivity index (χ3n) is 5.09. The van der Waals surface area contributed by atoms with E-state index in [1.165, 1.54) is 0 Å². The summed E-state index contributed by atoms with van der Waals surface area (Å²) >= 11 is 0. The number of benzene rings is 2. The average molecular weight is 397 g/mol. The largest absolute Gasteiger partial charge is 0.508 e. The van der Waals surface area contributed by atoms with Gasteiger partial charge in [-0.15, -0.1) is 0 Å². The van der Waals surface area contributed by atoms with Gasteiger partial charge in [-0.1, -0.05) is 13.8 Å². The number of aromatic hydroxyl groups is 1. The molecule has 0 unspecified atom stereocenters. The molecule has 2 N–H and O–H groups in total. The van der Waals surface area contributed by atoms with Crippen molar-refractivity contribution in [3.05, 3.63) is 46.5 Å². The Labute approximate surface area is 170 Å². The van der Waals surface area contributed by atoms with Crippen molar-refractivity contribution >= 4 is 17.6 Å². The summed E-state index contributed by atoms with van der Waals surface area (Å²) in [6, 6.07) is 7.09. The van der Waals surface area contributed by atoms with Crippen molar-refractivity contribution in [1.29, 1.82) is 0 Å². The molecule has 0 aliphatic heterocycles. The first kappa shape index (κ1) is 20.7. The van der Waals surface area contributed by atoms with Crippen LogP contribution in [-0.4, -0.2) is 23.6 Å². The van der Waals surface area contributed by atoms with Crippen LogP contribution in [0, 0.1) is 6.92 Å². The van der Waals surface area contributed by atoms with Gasteiger partial charge in [0.05, 0.1) is 6.61 Å². The number of fused-ring (bicyclic) bond motifs is 1. The van der Waals surface area contributed by atoms with E-state index in [0.717, 1.165) is 47.3 Å². The molecule has 0 aromatic heterocycles. The number of nitrogens with one attached hydrogen (secondary N) is 1. The number of ether oxygens (including phenoxy) is 2. The lowest BCUT2D eigenvalue weighted by molar-refractivity contribution is -0.152. The van der Waals surface area contributed by atoms with Crippen molar-refractivity contribution in [2.75, 3.05) is 11.9 Å². The van der Waals surface area contributed by atoms with Gasteiger partial charge in [0, 0.05) is 16.8 Å². The fourth-order valence-electron chi connectivity index (χ4n) is 3.70. The number of rotatable bonds is 5. The zero-order chi connectivity index (χ0) is 21.1. The van der Waals surface area contributed by atoms with E-state index in [0.29, 0.717) is 11.4 Å². The Hall–Kier alpha value is -3.02. The normalized spacial score (nSPS) is 12.6. The molecule has 3 rings (SSSR count). The van der Waals surface area contributed by atoms with Crippen molar-refractivity contribution in [2.45, 2.75) is 52.9 Å². The molecule has 154 valence electrons. The maximum absolute atomic E-state index is 12.1. The highest BCUT2D eigenvalue weighted by Crippen LogP contribution is 2.41. The molecule has 1 amide bonds. The van der Waals surface area contributed by atoms with Crippen LogP contribution in [0.3, 0.4) is 0 Å². The van der Waals surface area contributed by atoms with Crippen LogP contribution in [-0.2, 0) is 27.2 Å². The number of carbonyl (C=O) groups excluding carboxylic acids is 2. The van der Waals surface area contributed by atoms with Gasteiger partial charge in [-0.05, 0) is 74.4 Å². The summed E-state index contributed by atoms with van der Waals surface area (Å²) in [7, 11) is 0. The van der Waals surface area contributed by atoms with Crippen molar-refractivity contribution in [3.63, 3.8) is 0 Å². The summed E-state index contributed by atoms with van der Waals surface area (Å²) in [5, 5.41) is 12.7. The standard InChI is InChI=1S/C23H27NO5/c1-5-28-23(27)22(26)24-19-11-14(4)21(17-8-6-7-16(17)19)29-15-9-10-20(25)18(12-15)13(2)3/h9-13,25H,5-8H2,1-4H3,(H,24,26). The molecule has 0 fully saturated rings. The molecule has 29 heavy (non-hydrogen) atoms. The minimum Gasteiger partial charge on any atom is -0.508 e. The Balaban J connectivity index is 1.92. The van der Waals surface area contributed by atoms with Crippen molar-refractivity contribution in [2.24, 2.45) is 0 Å². The van der Waals surface area contributed by atoms with Gasteiger partial charge in [-0.25, -0.2) is 4.79 Å². The number of anilines is 1. The second kappa shape index (κ2) is 8.55. The molecule has 6 nitrogen and oxygen atoms in total. The summed E-state index contributed by atoms with van der Waals surface area (Å²) < 4.78 is 11.0. The third kappa shape index (κ3) is 4.36. The highest BCUT2D eigenvalue weighted by Gasteiger charge is 2.25. The number of esters is 1. The number of carbonyl (C=O) groups is 2. The smallest absolute Gasteiger partial charge is 0.397 e. The Morgan fingerprint density at radius 3 is 2.59 bits per heavy atom. The lowest BCUT2D eigenvalue weighted by Gasteiger charge is -2.18. The van der Waals surface area contributed by atoms with Crippen molar-refractivity contribution < 1.29 is 24.2 Å². The number of hydrogen-bond acceptors (Lipinski definition) is 5. The summed E-state index contributed by atoms with van der Waals surface area (Å²) in [6.07, 6.45) is 2.59.